The molecule has 134 valence electrons. The van der Waals surface area contributed by atoms with Gasteiger partial charge in [0.05, 0.1) is 18.8 Å². The summed E-state index contributed by atoms with van der Waals surface area (Å²) in [6.07, 6.45) is 5.33. The minimum atomic E-state index is -0.599. The second kappa shape index (κ2) is 8.58. The monoisotopic (exact) mass is 345 g/mol. The molecule has 0 aliphatic heterocycles. The van der Waals surface area contributed by atoms with Gasteiger partial charge in [-0.05, 0) is 31.0 Å². The van der Waals surface area contributed by atoms with Crippen molar-refractivity contribution in [3.05, 3.63) is 66.3 Å². The van der Waals surface area contributed by atoms with Gasteiger partial charge in [-0.1, -0.05) is 18.2 Å². The molecule has 0 radical (unpaired) electrons. The summed E-state index contributed by atoms with van der Waals surface area (Å²) in [5.74, 6) is -0.523. The normalized spacial score (nSPS) is 13.3. The maximum Gasteiger partial charge on any atom is 0.251 e. The van der Waals surface area contributed by atoms with Crippen LogP contribution in [-0.2, 0) is 16.6 Å². The molecule has 0 saturated carbocycles. The van der Waals surface area contributed by atoms with Crippen molar-refractivity contribution in [2.24, 2.45) is 7.05 Å². The van der Waals surface area contributed by atoms with Gasteiger partial charge in [-0.15, -0.1) is 6.58 Å². The summed E-state index contributed by atoms with van der Waals surface area (Å²) in [4.78, 5) is 14.3. The Morgan fingerprint density at radius 2 is 2.24 bits per heavy atom. The minimum Gasteiger partial charge on any atom is -0.368 e. The van der Waals surface area contributed by atoms with Crippen LogP contribution in [0.5, 0.6) is 0 Å². The average molecular weight is 345 g/mol. The number of nitrogens with zero attached hydrogens (tertiary/aromatic N) is 3. The number of hydrogen-bond acceptors (Lipinski definition) is 3. The lowest BCUT2D eigenvalue weighted by Gasteiger charge is -2.30. The van der Waals surface area contributed by atoms with Crippen molar-refractivity contribution in [1.29, 1.82) is 0 Å². The Kier molecular flexibility index (Phi) is 6.47. The first-order valence-electron chi connectivity index (χ1n) is 8.17. The number of halogens is 1. The third-order valence-electron chi connectivity index (χ3n) is 3.98. The lowest BCUT2D eigenvalue weighted by Crippen LogP contribution is -2.39. The van der Waals surface area contributed by atoms with Crippen LogP contribution in [0.2, 0.25) is 0 Å². The molecular weight excluding hydrogens is 321 g/mol. The predicted molar refractivity (Wildman–Crippen MR) is 94.4 cm³/mol. The highest BCUT2D eigenvalue weighted by Crippen LogP contribution is 2.28. The van der Waals surface area contributed by atoms with Crippen molar-refractivity contribution in [1.82, 2.24) is 14.7 Å². The van der Waals surface area contributed by atoms with Gasteiger partial charge >= 0.3 is 0 Å². The first kappa shape index (κ1) is 18.9. The third kappa shape index (κ3) is 4.76. The lowest BCUT2D eigenvalue weighted by molar-refractivity contribution is -0.142. The Hall–Kier alpha value is -2.47. The molecule has 0 saturated heterocycles. The quantitative estimate of drug-likeness (QED) is 0.546. The fraction of sp³-hybridized carbons (Fsp3) is 0.368. The topological polar surface area (TPSA) is 47.4 Å². The van der Waals surface area contributed by atoms with Crippen molar-refractivity contribution < 1.29 is 13.9 Å². The standard InChI is InChI=1S/C19H24FN3O2/c1-5-6-10-25-14(2)19(24)23(4)18(16-12-21-22(3)13-16)15-8-7-9-17(20)11-15/h5,7-9,11-14,18H,1,6,10H2,2-4H3. The zero-order valence-corrected chi connectivity index (χ0v) is 14.9. The van der Waals surface area contributed by atoms with E-state index in [1.165, 1.54) is 12.1 Å². The van der Waals surface area contributed by atoms with E-state index >= 15 is 0 Å². The van der Waals surface area contributed by atoms with E-state index in [1.807, 2.05) is 6.20 Å². The van der Waals surface area contributed by atoms with E-state index < -0.39 is 12.1 Å². The van der Waals surface area contributed by atoms with Crippen molar-refractivity contribution in [2.75, 3.05) is 13.7 Å². The summed E-state index contributed by atoms with van der Waals surface area (Å²) in [6.45, 7) is 5.78. The number of carbonyl (C=O) groups is 1. The molecule has 0 aliphatic carbocycles. The van der Waals surface area contributed by atoms with E-state index in [0.29, 0.717) is 18.6 Å². The Labute approximate surface area is 147 Å². The first-order valence-corrected chi connectivity index (χ1v) is 8.17. The van der Waals surface area contributed by atoms with Gasteiger partial charge < -0.3 is 9.64 Å². The number of aryl methyl sites for hydroxylation is 1. The number of likely N-dealkylation sites (N-methyl/N-ethyl adjacent to an activating group) is 1. The van der Waals surface area contributed by atoms with Gasteiger partial charge in [-0.2, -0.15) is 5.10 Å². The molecule has 1 aromatic heterocycles. The number of ether oxygens (including phenoxy) is 1. The van der Waals surface area contributed by atoms with Gasteiger partial charge in [0, 0.05) is 25.9 Å². The fourth-order valence-electron chi connectivity index (χ4n) is 2.71. The highest BCUT2D eigenvalue weighted by molar-refractivity contribution is 5.81. The summed E-state index contributed by atoms with van der Waals surface area (Å²) in [5, 5.41) is 4.18. The van der Waals surface area contributed by atoms with Crippen LogP contribution in [0.15, 0.2) is 49.3 Å². The van der Waals surface area contributed by atoms with Gasteiger partial charge in [-0.3, -0.25) is 9.48 Å². The van der Waals surface area contributed by atoms with Crippen molar-refractivity contribution in [3.63, 3.8) is 0 Å². The molecule has 5 nitrogen and oxygen atoms in total. The molecule has 25 heavy (non-hydrogen) atoms. The zero-order chi connectivity index (χ0) is 18.4. The molecule has 2 rings (SSSR count). The smallest absolute Gasteiger partial charge is 0.251 e. The Morgan fingerprint density at radius 1 is 1.48 bits per heavy atom. The SMILES string of the molecule is C=CCCOC(C)C(=O)N(C)C(c1cccc(F)c1)c1cnn(C)c1. The number of amides is 1. The summed E-state index contributed by atoms with van der Waals surface area (Å²) in [6, 6.07) is 5.81. The van der Waals surface area contributed by atoms with Crippen molar-refractivity contribution >= 4 is 5.91 Å². The molecular formula is C19H24FN3O2. The Bertz CT molecular complexity index is 729. The predicted octanol–water partition coefficient (Wildman–Crippen LogP) is 3.09. The molecule has 0 N–H and O–H groups in total. The highest BCUT2D eigenvalue weighted by atomic mass is 19.1. The highest BCUT2D eigenvalue weighted by Gasteiger charge is 2.28. The van der Waals surface area contributed by atoms with Gasteiger partial charge in [0.1, 0.15) is 11.9 Å². The Morgan fingerprint density at radius 3 is 2.84 bits per heavy atom. The first-order chi connectivity index (χ1) is 11.9. The molecule has 1 heterocycles. The van der Waals surface area contributed by atoms with Crippen LogP contribution in [-0.4, -0.2) is 40.3 Å². The van der Waals surface area contributed by atoms with Gasteiger partial charge in [0.15, 0.2) is 0 Å². The van der Waals surface area contributed by atoms with Crippen LogP contribution >= 0.6 is 0 Å². The van der Waals surface area contributed by atoms with E-state index in [-0.39, 0.29) is 11.7 Å². The minimum absolute atomic E-state index is 0.179. The maximum absolute atomic E-state index is 13.7. The molecule has 2 aromatic rings. The lowest BCUT2D eigenvalue weighted by atomic mass is 9.99. The van der Waals surface area contributed by atoms with Crippen LogP contribution in [0.25, 0.3) is 0 Å². The molecule has 0 bridgehead atoms. The molecule has 2 unspecified atom stereocenters. The molecule has 0 aliphatic rings. The van der Waals surface area contributed by atoms with E-state index in [9.17, 15) is 9.18 Å². The van der Waals surface area contributed by atoms with Crippen LogP contribution in [0, 0.1) is 5.82 Å². The van der Waals surface area contributed by atoms with E-state index in [2.05, 4.69) is 11.7 Å². The summed E-state index contributed by atoms with van der Waals surface area (Å²) in [5.41, 5.74) is 1.49. The number of rotatable bonds is 8. The van der Waals surface area contributed by atoms with Gasteiger partial charge in [0.2, 0.25) is 0 Å². The number of hydrogen-bond donors (Lipinski definition) is 0. The maximum atomic E-state index is 13.7. The average Bonchev–Trinajstić information content (AvgIpc) is 3.00. The van der Waals surface area contributed by atoms with Gasteiger partial charge in [0.25, 0.3) is 5.91 Å². The molecule has 0 spiro atoms. The summed E-state index contributed by atoms with van der Waals surface area (Å²) < 4.78 is 20.9. The number of carbonyl (C=O) groups excluding carboxylic acids is 1. The van der Waals surface area contributed by atoms with Crippen LogP contribution in [0.4, 0.5) is 4.39 Å². The zero-order valence-electron chi connectivity index (χ0n) is 14.9. The fourth-order valence-corrected chi connectivity index (χ4v) is 2.71. The largest absolute Gasteiger partial charge is 0.368 e. The van der Waals surface area contributed by atoms with Crippen molar-refractivity contribution in [3.8, 4) is 0 Å². The van der Waals surface area contributed by atoms with E-state index in [0.717, 1.165) is 5.56 Å². The van der Waals surface area contributed by atoms with Crippen LogP contribution in [0.1, 0.15) is 30.5 Å². The van der Waals surface area contributed by atoms with E-state index in [1.54, 1.807) is 55.0 Å². The van der Waals surface area contributed by atoms with E-state index in [4.69, 9.17) is 4.74 Å². The summed E-state index contributed by atoms with van der Waals surface area (Å²) >= 11 is 0. The molecule has 1 aromatic carbocycles. The number of aromatic nitrogens is 2. The molecule has 0 fully saturated rings. The van der Waals surface area contributed by atoms with Crippen molar-refractivity contribution in [2.45, 2.75) is 25.5 Å². The van der Waals surface area contributed by atoms with Gasteiger partial charge in [-0.25, -0.2) is 4.39 Å². The molecule has 6 heteroatoms. The summed E-state index contributed by atoms with van der Waals surface area (Å²) in [7, 11) is 3.49. The number of benzene rings is 1. The molecule has 2 atom stereocenters. The second-order valence-electron chi connectivity index (χ2n) is 5.94. The van der Waals surface area contributed by atoms with Crippen LogP contribution in [0.3, 0.4) is 0 Å². The third-order valence-corrected chi connectivity index (χ3v) is 3.98. The van der Waals surface area contributed by atoms with Crippen LogP contribution < -0.4 is 0 Å². The molecule has 1 amide bonds. The Balaban J connectivity index is 2.28. The second-order valence-corrected chi connectivity index (χ2v) is 5.94.